The highest BCUT2D eigenvalue weighted by Gasteiger charge is 2.29. The van der Waals surface area contributed by atoms with Gasteiger partial charge in [-0.15, -0.1) is 10.2 Å². The van der Waals surface area contributed by atoms with Crippen LogP contribution in [-0.2, 0) is 0 Å². The van der Waals surface area contributed by atoms with E-state index in [1.54, 1.807) is 11.3 Å². The van der Waals surface area contributed by atoms with E-state index in [0.29, 0.717) is 5.92 Å². The van der Waals surface area contributed by atoms with Crippen LogP contribution in [0.2, 0.25) is 5.02 Å². The van der Waals surface area contributed by atoms with E-state index in [-0.39, 0.29) is 0 Å². The number of benzene rings is 1. The molecule has 6 heteroatoms. The minimum atomic E-state index is 0.556. The van der Waals surface area contributed by atoms with Crippen LogP contribution in [0.15, 0.2) is 24.3 Å². The largest absolute Gasteiger partial charge is 0.234 e. The number of hydrogen-bond acceptors (Lipinski definition) is 4. The Hall–Kier alpha value is -1.72. The zero-order valence-electron chi connectivity index (χ0n) is 10.5. The number of fused-ring (bicyclic) bond motifs is 1. The Morgan fingerprint density at radius 2 is 1.95 bits per heavy atom. The van der Waals surface area contributed by atoms with Gasteiger partial charge in [0.1, 0.15) is 5.01 Å². The van der Waals surface area contributed by atoms with Gasteiger partial charge in [0, 0.05) is 10.9 Å². The number of hydrogen-bond donors (Lipinski definition) is 0. The Labute approximate surface area is 124 Å². The fraction of sp³-hybridized carbons (Fsp3) is 0.214. The predicted molar refractivity (Wildman–Crippen MR) is 81.0 cm³/mol. The number of halogens is 1. The highest BCUT2D eigenvalue weighted by Crippen LogP contribution is 2.39. The molecule has 2 heterocycles. The average molecular weight is 303 g/mol. The quantitative estimate of drug-likeness (QED) is 0.737. The molecule has 0 radical (unpaired) electrons. The second-order valence-electron chi connectivity index (χ2n) is 4.85. The van der Waals surface area contributed by atoms with E-state index in [9.17, 15) is 0 Å². The fourth-order valence-electron chi connectivity index (χ4n) is 2.05. The van der Waals surface area contributed by atoms with Crippen LogP contribution in [0.3, 0.4) is 0 Å². The predicted octanol–water partition coefficient (Wildman–Crippen LogP) is 3.89. The maximum Gasteiger partial charge on any atom is 0.234 e. The van der Waals surface area contributed by atoms with E-state index in [1.807, 2.05) is 40.9 Å². The van der Waals surface area contributed by atoms with E-state index in [4.69, 9.17) is 11.6 Å². The summed E-state index contributed by atoms with van der Waals surface area (Å²) in [7, 11) is 0. The van der Waals surface area contributed by atoms with Crippen molar-refractivity contribution in [3.63, 3.8) is 0 Å². The summed E-state index contributed by atoms with van der Waals surface area (Å²) in [5, 5.41) is 14.6. The molecule has 0 N–H and O–H groups in total. The highest BCUT2D eigenvalue weighted by molar-refractivity contribution is 7.17. The van der Waals surface area contributed by atoms with Gasteiger partial charge < -0.3 is 0 Å². The first kappa shape index (κ1) is 12.1. The molecular weight excluding hydrogens is 292 g/mol. The average Bonchev–Trinajstić information content (AvgIpc) is 3.09. The molecule has 0 saturated heterocycles. The van der Waals surface area contributed by atoms with E-state index >= 15 is 0 Å². The molecule has 4 nitrogen and oxygen atoms in total. The van der Waals surface area contributed by atoms with Gasteiger partial charge in [0.2, 0.25) is 4.96 Å². The second kappa shape index (κ2) is 4.68. The molecule has 1 aliphatic carbocycles. The van der Waals surface area contributed by atoms with Crippen molar-refractivity contribution in [2.75, 3.05) is 0 Å². The van der Waals surface area contributed by atoms with Gasteiger partial charge in [0.15, 0.2) is 5.82 Å². The second-order valence-corrected chi connectivity index (χ2v) is 6.28. The standard InChI is InChI=1S/C14H11ClN4S/c15-11-6-1-9(2-7-11)3-8-12-18-19-13(10-4-5-10)16-17-14(19)20-12/h1-3,6-8,10H,4-5H2/b8-3+. The van der Waals surface area contributed by atoms with Crippen LogP contribution < -0.4 is 0 Å². The lowest BCUT2D eigenvalue weighted by Crippen LogP contribution is -1.92. The highest BCUT2D eigenvalue weighted by atomic mass is 35.5. The molecule has 1 fully saturated rings. The molecule has 0 amide bonds. The third-order valence-corrected chi connectivity index (χ3v) is 4.38. The van der Waals surface area contributed by atoms with Gasteiger partial charge in [0.25, 0.3) is 0 Å². The lowest BCUT2D eigenvalue weighted by atomic mass is 10.2. The molecule has 3 aromatic rings. The van der Waals surface area contributed by atoms with Gasteiger partial charge in [-0.25, -0.2) is 0 Å². The third-order valence-electron chi connectivity index (χ3n) is 3.26. The van der Waals surface area contributed by atoms with Crippen molar-refractivity contribution in [2.45, 2.75) is 18.8 Å². The molecule has 1 aromatic carbocycles. The molecule has 0 unspecified atom stereocenters. The maximum absolute atomic E-state index is 5.87. The van der Waals surface area contributed by atoms with Crippen molar-refractivity contribution in [1.29, 1.82) is 0 Å². The van der Waals surface area contributed by atoms with Gasteiger partial charge in [-0.1, -0.05) is 41.1 Å². The van der Waals surface area contributed by atoms with Crippen molar-refractivity contribution in [1.82, 2.24) is 19.8 Å². The Balaban J connectivity index is 1.63. The first-order valence-corrected chi connectivity index (χ1v) is 7.65. The Bertz CT molecular complexity index is 783. The third kappa shape index (κ3) is 2.23. The molecule has 0 aliphatic heterocycles. The number of rotatable bonds is 3. The summed E-state index contributed by atoms with van der Waals surface area (Å²) in [5.74, 6) is 1.56. The first-order valence-electron chi connectivity index (χ1n) is 6.45. The van der Waals surface area contributed by atoms with Crippen molar-refractivity contribution in [2.24, 2.45) is 0 Å². The SMILES string of the molecule is Clc1ccc(/C=C/c2nn3c(C4CC4)nnc3s2)cc1. The molecule has 2 aromatic heterocycles. The van der Waals surface area contributed by atoms with E-state index in [1.165, 1.54) is 12.8 Å². The molecule has 20 heavy (non-hydrogen) atoms. The molecule has 1 saturated carbocycles. The summed E-state index contributed by atoms with van der Waals surface area (Å²) in [6.45, 7) is 0. The van der Waals surface area contributed by atoms with Crippen LogP contribution >= 0.6 is 22.9 Å². The van der Waals surface area contributed by atoms with Crippen LogP contribution in [0.4, 0.5) is 0 Å². The van der Waals surface area contributed by atoms with Crippen molar-refractivity contribution in [3.05, 3.63) is 45.7 Å². The molecule has 4 rings (SSSR count). The van der Waals surface area contributed by atoms with E-state index < -0.39 is 0 Å². The van der Waals surface area contributed by atoms with Crippen molar-refractivity contribution >= 4 is 40.1 Å². The first-order chi connectivity index (χ1) is 9.79. The monoisotopic (exact) mass is 302 g/mol. The molecule has 0 bridgehead atoms. The normalized spacial score (nSPS) is 15.4. The van der Waals surface area contributed by atoms with Gasteiger partial charge in [0.05, 0.1) is 0 Å². The molecule has 0 spiro atoms. The summed E-state index contributed by atoms with van der Waals surface area (Å²) in [5.41, 5.74) is 1.10. The smallest absolute Gasteiger partial charge is 0.187 e. The minimum absolute atomic E-state index is 0.556. The van der Waals surface area contributed by atoms with Crippen LogP contribution in [0.1, 0.15) is 35.2 Å². The van der Waals surface area contributed by atoms with Crippen molar-refractivity contribution in [3.8, 4) is 0 Å². The zero-order valence-corrected chi connectivity index (χ0v) is 12.1. The summed E-state index contributed by atoms with van der Waals surface area (Å²) in [6, 6.07) is 7.72. The summed E-state index contributed by atoms with van der Waals surface area (Å²) < 4.78 is 1.88. The van der Waals surface area contributed by atoms with Gasteiger partial charge in [-0.3, -0.25) is 0 Å². The lowest BCUT2D eigenvalue weighted by Gasteiger charge is -1.92. The van der Waals surface area contributed by atoms with E-state index in [0.717, 1.165) is 26.4 Å². The summed E-state index contributed by atoms with van der Waals surface area (Å²) in [6.07, 6.45) is 6.43. The van der Waals surface area contributed by atoms with Crippen LogP contribution in [0.25, 0.3) is 17.1 Å². The van der Waals surface area contributed by atoms with Gasteiger partial charge in [-0.2, -0.15) is 9.61 Å². The maximum atomic E-state index is 5.87. The number of nitrogens with zero attached hydrogens (tertiary/aromatic N) is 4. The lowest BCUT2D eigenvalue weighted by molar-refractivity contribution is 0.823. The van der Waals surface area contributed by atoms with Gasteiger partial charge in [-0.05, 0) is 36.6 Å². The number of aromatic nitrogens is 4. The van der Waals surface area contributed by atoms with Crippen molar-refractivity contribution < 1.29 is 0 Å². The fourth-order valence-corrected chi connectivity index (χ4v) is 2.93. The molecule has 100 valence electrons. The molecule has 1 aliphatic rings. The Kier molecular flexibility index (Phi) is 2.82. The zero-order chi connectivity index (χ0) is 13.5. The molecular formula is C14H11ClN4S. The van der Waals surface area contributed by atoms with Crippen LogP contribution in [-0.4, -0.2) is 19.8 Å². The Morgan fingerprint density at radius 1 is 1.15 bits per heavy atom. The minimum Gasteiger partial charge on any atom is -0.187 e. The molecule has 0 atom stereocenters. The Morgan fingerprint density at radius 3 is 2.70 bits per heavy atom. The summed E-state index contributed by atoms with van der Waals surface area (Å²) in [4.78, 5) is 0.864. The summed E-state index contributed by atoms with van der Waals surface area (Å²) >= 11 is 7.42. The van der Waals surface area contributed by atoms with Crippen LogP contribution in [0, 0.1) is 0 Å². The topological polar surface area (TPSA) is 43.1 Å². The van der Waals surface area contributed by atoms with E-state index in [2.05, 4.69) is 15.3 Å². The van der Waals surface area contributed by atoms with Crippen LogP contribution in [0.5, 0.6) is 0 Å². The van der Waals surface area contributed by atoms with Gasteiger partial charge >= 0.3 is 0 Å².